The van der Waals surface area contributed by atoms with Gasteiger partial charge in [-0.2, -0.15) is 9.97 Å². The number of hydrogen-bond donors (Lipinski definition) is 7. The predicted molar refractivity (Wildman–Crippen MR) is 127 cm³/mol. The SMILES string of the molecule is NCCCCNc1nc(CN2CCC(C(=O)N[C@@H](CCCN=C(N)N)C(=O)O)CC2)[nH]c(=O)n1. The molecule has 1 aromatic heterocycles. The number of guanidine groups is 1. The molecule has 0 radical (unpaired) electrons. The quantitative estimate of drug-likeness (QED) is 0.0887. The summed E-state index contributed by atoms with van der Waals surface area (Å²) in [6.07, 6.45) is 3.56. The fourth-order valence-corrected chi connectivity index (χ4v) is 3.67. The Morgan fingerprint density at radius 1 is 1.21 bits per heavy atom. The molecule has 1 aliphatic rings. The molecule has 14 heteroatoms. The lowest BCUT2D eigenvalue weighted by Crippen LogP contribution is -2.46. The highest BCUT2D eigenvalue weighted by atomic mass is 16.4. The van der Waals surface area contributed by atoms with Crippen molar-refractivity contribution in [2.24, 2.45) is 28.1 Å². The number of aliphatic imine (C=N–C) groups is 1. The van der Waals surface area contributed by atoms with E-state index in [0.29, 0.717) is 64.4 Å². The molecule has 0 bridgehead atoms. The molecule has 1 saturated heterocycles. The van der Waals surface area contributed by atoms with Crippen molar-refractivity contribution in [1.29, 1.82) is 0 Å². The Balaban J connectivity index is 1.81. The number of carbonyl (C=O) groups excluding carboxylic acids is 1. The molecular formula is C20H36N10O4. The number of aliphatic carboxylic acids is 1. The summed E-state index contributed by atoms with van der Waals surface area (Å²) in [5, 5.41) is 15.1. The normalized spacial score (nSPS) is 15.4. The first kappa shape index (κ1) is 27.0. The number of likely N-dealkylation sites (tertiary alicyclic amines) is 1. The Kier molecular flexibility index (Phi) is 11.2. The number of aromatic amines is 1. The number of carboxylic acids is 1. The summed E-state index contributed by atoms with van der Waals surface area (Å²) < 4.78 is 0. The Morgan fingerprint density at radius 3 is 2.59 bits per heavy atom. The molecular weight excluding hydrogens is 444 g/mol. The molecule has 0 saturated carbocycles. The molecule has 1 amide bonds. The number of piperidine rings is 1. The first-order valence-corrected chi connectivity index (χ1v) is 11.5. The van der Waals surface area contributed by atoms with Crippen LogP contribution in [-0.4, -0.2) is 81.6 Å². The maximum absolute atomic E-state index is 12.6. The van der Waals surface area contributed by atoms with Crippen LogP contribution in [0.25, 0.3) is 0 Å². The van der Waals surface area contributed by atoms with E-state index in [0.717, 1.165) is 12.8 Å². The first-order chi connectivity index (χ1) is 16.3. The zero-order chi connectivity index (χ0) is 24.9. The van der Waals surface area contributed by atoms with E-state index < -0.39 is 17.7 Å². The van der Waals surface area contributed by atoms with Crippen LogP contribution in [0.4, 0.5) is 5.95 Å². The third-order valence-electron chi connectivity index (χ3n) is 5.51. The second-order valence-corrected chi connectivity index (χ2v) is 8.25. The number of rotatable bonds is 14. The Bertz CT molecular complexity index is 878. The number of H-pyrrole nitrogens is 1. The third kappa shape index (κ3) is 9.70. The van der Waals surface area contributed by atoms with Crippen molar-refractivity contribution in [1.82, 2.24) is 25.2 Å². The van der Waals surface area contributed by atoms with E-state index >= 15 is 0 Å². The van der Waals surface area contributed by atoms with Gasteiger partial charge in [0.1, 0.15) is 11.9 Å². The number of carboxylic acid groups (broad SMARTS) is 1. The minimum absolute atomic E-state index is 0.0521. The standard InChI is InChI=1S/C20H36N10O4/c21-7-1-2-8-25-19-27-15(28-20(34)29-19)12-30-10-5-13(6-11-30)16(31)26-14(17(32)33)4-3-9-24-18(22)23/h13-14H,1-12,21H2,(H,26,31)(H,32,33)(H4,22,23,24)(H2,25,27,28,29,34)/t14-/m0/s1. The summed E-state index contributed by atoms with van der Waals surface area (Å²) in [7, 11) is 0. The maximum Gasteiger partial charge on any atom is 0.349 e. The Labute approximate surface area is 197 Å². The van der Waals surface area contributed by atoms with E-state index in [9.17, 15) is 19.5 Å². The summed E-state index contributed by atoms with van der Waals surface area (Å²) >= 11 is 0. The molecule has 1 aromatic rings. The van der Waals surface area contributed by atoms with Crippen LogP contribution < -0.4 is 33.5 Å². The highest BCUT2D eigenvalue weighted by Gasteiger charge is 2.28. The van der Waals surface area contributed by atoms with Gasteiger partial charge in [0.2, 0.25) is 11.9 Å². The molecule has 0 unspecified atom stereocenters. The molecule has 1 fully saturated rings. The molecule has 10 N–H and O–H groups in total. The summed E-state index contributed by atoms with van der Waals surface area (Å²) in [6.45, 7) is 3.19. The molecule has 1 aliphatic heterocycles. The van der Waals surface area contributed by atoms with E-state index in [-0.39, 0.29) is 30.2 Å². The highest BCUT2D eigenvalue weighted by molar-refractivity contribution is 5.85. The topological polar surface area (TPSA) is 231 Å². The number of amides is 1. The van der Waals surface area contributed by atoms with Crippen LogP contribution in [0.2, 0.25) is 0 Å². The van der Waals surface area contributed by atoms with Gasteiger partial charge in [0.25, 0.3) is 0 Å². The number of nitrogens with two attached hydrogens (primary N) is 3. The molecule has 1 atom stereocenters. The van der Waals surface area contributed by atoms with Crippen LogP contribution >= 0.6 is 0 Å². The van der Waals surface area contributed by atoms with E-state index in [1.54, 1.807) is 0 Å². The van der Waals surface area contributed by atoms with E-state index in [4.69, 9.17) is 17.2 Å². The molecule has 190 valence electrons. The van der Waals surface area contributed by atoms with Gasteiger partial charge in [0.05, 0.1) is 6.54 Å². The lowest BCUT2D eigenvalue weighted by atomic mass is 9.95. The molecule has 2 heterocycles. The van der Waals surface area contributed by atoms with Crippen molar-refractivity contribution < 1.29 is 14.7 Å². The van der Waals surface area contributed by atoms with Gasteiger partial charge in [-0.25, -0.2) is 9.59 Å². The summed E-state index contributed by atoms with van der Waals surface area (Å²) in [4.78, 5) is 52.7. The largest absolute Gasteiger partial charge is 0.480 e. The minimum atomic E-state index is -1.09. The van der Waals surface area contributed by atoms with Crippen LogP contribution in [0.1, 0.15) is 44.3 Å². The van der Waals surface area contributed by atoms with E-state index in [2.05, 4.69) is 35.5 Å². The maximum atomic E-state index is 12.6. The smallest absolute Gasteiger partial charge is 0.349 e. The van der Waals surface area contributed by atoms with Crippen LogP contribution in [0.5, 0.6) is 0 Å². The van der Waals surface area contributed by atoms with Crippen molar-refractivity contribution in [2.75, 3.05) is 38.0 Å². The van der Waals surface area contributed by atoms with E-state index in [1.165, 1.54) is 0 Å². The number of aromatic nitrogens is 3. The van der Waals surface area contributed by atoms with Crippen LogP contribution in [0.3, 0.4) is 0 Å². The summed E-state index contributed by atoms with van der Waals surface area (Å²) in [5.74, 6) is -0.909. The Morgan fingerprint density at radius 2 is 1.94 bits per heavy atom. The van der Waals surface area contributed by atoms with Gasteiger partial charge in [-0.3, -0.25) is 19.7 Å². The average molecular weight is 481 g/mol. The van der Waals surface area contributed by atoms with Gasteiger partial charge in [0, 0.05) is 19.0 Å². The lowest BCUT2D eigenvalue weighted by molar-refractivity contribution is -0.143. The van der Waals surface area contributed by atoms with Crippen LogP contribution in [-0.2, 0) is 16.1 Å². The number of nitrogens with zero attached hydrogens (tertiary/aromatic N) is 4. The molecule has 34 heavy (non-hydrogen) atoms. The zero-order valence-electron chi connectivity index (χ0n) is 19.3. The van der Waals surface area contributed by atoms with Crippen molar-refractivity contribution >= 4 is 23.8 Å². The zero-order valence-corrected chi connectivity index (χ0v) is 19.3. The second kappa shape index (κ2) is 14.1. The fourth-order valence-electron chi connectivity index (χ4n) is 3.67. The van der Waals surface area contributed by atoms with Gasteiger partial charge < -0.3 is 32.9 Å². The first-order valence-electron chi connectivity index (χ1n) is 11.5. The molecule has 0 spiro atoms. The number of carbonyl (C=O) groups is 2. The molecule has 0 aromatic carbocycles. The highest BCUT2D eigenvalue weighted by Crippen LogP contribution is 2.19. The number of anilines is 1. The third-order valence-corrected chi connectivity index (χ3v) is 5.51. The van der Waals surface area contributed by atoms with Crippen molar-refractivity contribution in [3.63, 3.8) is 0 Å². The average Bonchev–Trinajstić information content (AvgIpc) is 2.78. The predicted octanol–water partition coefficient (Wildman–Crippen LogP) is -1.85. The number of unbranched alkanes of at least 4 members (excludes halogenated alkanes) is 1. The van der Waals surface area contributed by atoms with Gasteiger partial charge in [-0.1, -0.05) is 0 Å². The van der Waals surface area contributed by atoms with Crippen LogP contribution in [0, 0.1) is 5.92 Å². The Hall–Kier alpha value is -3.26. The van der Waals surface area contributed by atoms with Crippen molar-refractivity contribution in [2.45, 2.75) is 51.1 Å². The molecule has 2 rings (SSSR count). The minimum Gasteiger partial charge on any atom is -0.480 e. The van der Waals surface area contributed by atoms with Gasteiger partial charge in [-0.15, -0.1) is 0 Å². The van der Waals surface area contributed by atoms with Gasteiger partial charge in [-0.05, 0) is 58.2 Å². The van der Waals surface area contributed by atoms with Crippen molar-refractivity contribution in [3.05, 3.63) is 16.3 Å². The monoisotopic (exact) mass is 480 g/mol. The van der Waals surface area contributed by atoms with E-state index in [1.807, 2.05) is 0 Å². The number of hydrogen-bond acceptors (Lipinski definition) is 9. The molecule has 14 nitrogen and oxygen atoms in total. The van der Waals surface area contributed by atoms with Gasteiger partial charge in [0.15, 0.2) is 5.96 Å². The summed E-state index contributed by atoms with van der Waals surface area (Å²) in [6, 6.07) is -0.985. The summed E-state index contributed by atoms with van der Waals surface area (Å²) in [5.41, 5.74) is 15.5. The van der Waals surface area contributed by atoms with Crippen molar-refractivity contribution in [3.8, 4) is 0 Å². The second-order valence-electron chi connectivity index (χ2n) is 8.25. The lowest BCUT2D eigenvalue weighted by Gasteiger charge is -2.31. The molecule has 0 aliphatic carbocycles. The van der Waals surface area contributed by atoms with Crippen LogP contribution in [0.15, 0.2) is 9.79 Å². The van der Waals surface area contributed by atoms with Gasteiger partial charge >= 0.3 is 11.7 Å². The number of nitrogens with one attached hydrogen (secondary N) is 3. The fraction of sp³-hybridized carbons (Fsp3) is 0.700.